The smallest absolute Gasteiger partial charge is 0.274 e. The molecule has 1 amide bonds. The van der Waals surface area contributed by atoms with Gasteiger partial charge in [-0.25, -0.2) is 28.7 Å². The summed E-state index contributed by atoms with van der Waals surface area (Å²) in [5.74, 6) is -1.50. The van der Waals surface area contributed by atoms with Gasteiger partial charge in [0.2, 0.25) is 0 Å². The summed E-state index contributed by atoms with van der Waals surface area (Å²) >= 11 is 0. The van der Waals surface area contributed by atoms with Crippen LogP contribution in [0.3, 0.4) is 0 Å². The summed E-state index contributed by atoms with van der Waals surface area (Å²) in [6.07, 6.45) is 4.80. The molecule has 2 aromatic carbocycles. The van der Waals surface area contributed by atoms with Crippen LogP contribution in [-0.2, 0) is 13.0 Å². The van der Waals surface area contributed by atoms with E-state index in [0.717, 1.165) is 60.6 Å². The summed E-state index contributed by atoms with van der Waals surface area (Å²) in [7, 11) is 0. The van der Waals surface area contributed by atoms with Crippen LogP contribution in [-0.4, -0.2) is 38.9 Å². The predicted molar refractivity (Wildman–Crippen MR) is 153 cm³/mol. The van der Waals surface area contributed by atoms with Crippen molar-refractivity contribution >= 4 is 17.5 Å². The van der Waals surface area contributed by atoms with Gasteiger partial charge in [0.15, 0.2) is 28.8 Å². The monoisotopic (exact) mass is 569 g/mol. The topological polar surface area (TPSA) is 155 Å². The number of hydrogen-bond donors (Lipinski definition) is 4. The van der Waals surface area contributed by atoms with E-state index in [4.69, 9.17) is 10.7 Å². The van der Waals surface area contributed by atoms with Crippen LogP contribution in [0.2, 0.25) is 0 Å². The minimum Gasteiger partial charge on any atom is -0.382 e. The minimum absolute atomic E-state index is 0.0382. The number of benzene rings is 2. The molecule has 2 unspecified atom stereocenters. The maximum Gasteiger partial charge on any atom is 0.274 e. The molecule has 0 bridgehead atoms. The molecule has 5 rings (SSSR count). The molecule has 1 aliphatic rings. The largest absolute Gasteiger partial charge is 0.382 e. The maximum absolute atomic E-state index is 13.7. The number of nitrogen functional groups attached to an aromatic ring is 1. The molecule has 1 saturated heterocycles. The first kappa shape index (κ1) is 28.5. The summed E-state index contributed by atoms with van der Waals surface area (Å²) in [5.41, 5.74) is 9.65. The van der Waals surface area contributed by atoms with Gasteiger partial charge in [0.1, 0.15) is 11.9 Å². The fourth-order valence-electron chi connectivity index (χ4n) is 4.73. The Morgan fingerprint density at radius 1 is 1.14 bits per heavy atom. The molecule has 2 atom stereocenters. The zero-order valence-electron chi connectivity index (χ0n) is 22.9. The Labute approximate surface area is 241 Å². The van der Waals surface area contributed by atoms with Crippen molar-refractivity contribution in [3.63, 3.8) is 0 Å². The number of carbonyl (C=O) groups excluding carboxylic acids is 1. The number of nitrogens with one attached hydrogen (secondary N) is 3. The number of nitrogens with zero attached hydrogens (tertiary/aromatic N) is 5. The number of carbonyl (C=O) groups is 1. The first-order valence-electron chi connectivity index (χ1n) is 13.5. The molecule has 1 fully saturated rings. The van der Waals surface area contributed by atoms with Gasteiger partial charge >= 0.3 is 0 Å². The summed E-state index contributed by atoms with van der Waals surface area (Å²) in [4.78, 5) is 30.6. The van der Waals surface area contributed by atoms with Crippen molar-refractivity contribution in [2.75, 3.05) is 24.1 Å². The normalized spacial score (nSPS) is 15.1. The van der Waals surface area contributed by atoms with Gasteiger partial charge in [-0.3, -0.25) is 4.79 Å². The van der Waals surface area contributed by atoms with Gasteiger partial charge < -0.3 is 21.7 Å². The number of hydrogen-bond acceptors (Lipinski definition) is 9. The zero-order chi connectivity index (χ0) is 29.6. The number of nitriles is 1. The molecule has 1 aliphatic heterocycles. The van der Waals surface area contributed by atoms with Gasteiger partial charge in [-0.1, -0.05) is 30.3 Å². The first-order valence-corrected chi connectivity index (χ1v) is 13.5. The third-order valence-electron chi connectivity index (χ3n) is 7.12. The third kappa shape index (κ3) is 6.64. The molecule has 12 heteroatoms. The highest BCUT2D eigenvalue weighted by molar-refractivity contribution is 5.97. The molecule has 2 aromatic heterocycles. The molecule has 5 N–H and O–H groups in total. The molecule has 0 radical (unpaired) electrons. The fraction of sp³-hybridized carbons (Fsp3) is 0.267. The zero-order valence-corrected chi connectivity index (χ0v) is 22.9. The second kappa shape index (κ2) is 12.7. The lowest BCUT2D eigenvalue weighted by molar-refractivity contribution is 0.0935. The number of aromatic nitrogens is 4. The van der Waals surface area contributed by atoms with Gasteiger partial charge in [0, 0.05) is 12.1 Å². The molecule has 214 valence electrons. The lowest BCUT2D eigenvalue weighted by atomic mass is 10.0. The average Bonchev–Trinajstić information content (AvgIpc) is 3.52. The number of nitrogens with two attached hydrogens (primary N) is 1. The van der Waals surface area contributed by atoms with Crippen molar-refractivity contribution in [2.24, 2.45) is 5.92 Å². The fourth-order valence-corrected chi connectivity index (χ4v) is 4.73. The van der Waals surface area contributed by atoms with Crippen LogP contribution in [0.1, 0.15) is 52.4 Å². The number of rotatable bonds is 9. The van der Waals surface area contributed by atoms with Gasteiger partial charge in [-0.15, -0.1) is 0 Å². The standard InChI is InChI=1S/C30H29F2N9O/c1-17(21-6-7-23(31)24(32)11-21)39-30(42)27-29(38-15-22(12-33)40-27)37-14-18-2-4-20(5-3-18)26-16-36-28(34)25(41-26)10-19-8-9-35-13-19/h2-7,11,15-17,19,35H,8-10,13-14H2,1H3,(H2,34,36)(H,37,38)(H,39,42). The second-order valence-corrected chi connectivity index (χ2v) is 10.1. The van der Waals surface area contributed by atoms with Crippen molar-refractivity contribution in [3.8, 4) is 17.3 Å². The third-order valence-corrected chi connectivity index (χ3v) is 7.12. The van der Waals surface area contributed by atoms with Crippen LogP contribution in [0.4, 0.5) is 20.4 Å². The summed E-state index contributed by atoms with van der Waals surface area (Å²) < 4.78 is 27.0. The highest BCUT2D eigenvalue weighted by Crippen LogP contribution is 2.23. The Kier molecular flexibility index (Phi) is 8.59. The number of amides is 1. The van der Waals surface area contributed by atoms with Crippen LogP contribution < -0.4 is 21.7 Å². The van der Waals surface area contributed by atoms with Crippen LogP contribution in [0.5, 0.6) is 0 Å². The molecule has 4 aromatic rings. The van der Waals surface area contributed by atoms with Crippen LogP contribution >= 0.6 is 0 Å². The Bertz CT molecular complexity index is 1630. The number of anilines is 2. The molecule has 10 nitrogen and oxygen atoms in total. The van der Waals surface area contributed by atoms with E-state index < -0.39 is 23.6 Å². The Morgan fingerprint density at radius 3 is 2.67 bits per heavy atom. The summed E-state index contributed by atoms with van der Waals surface area (Å²) in [5, 5.41) is 18.4. The average molecular weight is 570 g/mol. The molecule has 42 heavy (non-hydrogen) atoms. The van der Waals surface area contributed by atoms with E-state index in [0.29, 0.717) is 23.8 Å². The lowest BCUT2D eigenvalue weighted by Crippen LogP contribution is -2.29. The van der Waals surface area contributed by atoms with Crippen molar-refractivity contribution in [1.29, 1.82) is 5.26 Å². The van der Waals surface area contributed by atoms with Crippen LogP contribution in [0.25, 0.3) is 11.3 Å². The molecular formula is C30H29F2N9O. The van der Waals surface area contributed by atoms with Crippen molar-refractivity contribution < 1.29 is 13.6 Å². The van der Waals surface area contributed by atoms with E-state index in [1.807, 2.05) is 30.3 Å². The van der Waals surface area contributed by atoms with E-state index >= 15 is 0 Å². The molecule has 0 spiro atoms. The van der Waals surface area contributed by atoms with Crippen molar-refractivity contribution in [3.05, 3.63) is 94.7 Å². The lowest BCUT2D eigenvalue weighted by Gasteiger charge is -2.16. The van der Waals surface area contributed by atoms with Gasteiger partial charge in [-0.2, -0.15) is 5.26 Å². The number of halogens is 2. The summed E-state index contributed by atoms with van der Waals surface area (Å²) in [6, 6.07) is 12.3. The van der Waals surface area contributed by atoms with E-state index in [-0.39, 0.29) is 17.2 Å². The Balaban J connectivity index is 1.27. The summed E-state index contributed by atoms with van der Waals surface area (Å²) in [6.45, 7) is 3.89. The molecule has 3 heterocycles. The quantitative estimate of drug-likeness (QED) is 0.235. The van der Waals surface area contributed by atoms with E-state index in [1.165, 1.54) is 12.3 Å². The molecular weight excluding hydrogens is 540 g/mol. The van der Waals surface area contributed by atoms with E-state index in [2.05, 4.69) is 30.9 Å². The van der Waals surface area contributed by atoms with E-state index in [1.54, 1.807) is 13.1 Å². The van der Waals surface area contributed by atoms with Gasteiger partial charge in [0.25, 0.3) is 5.91 Å². The van der Waals surface area contributed by atoms with E-state index in [9.17, 15) is 18.8 Å². The highest BCUT2D eigenvalue weighted by Gasteiger charge is 2.20. The highest BCUT2D eigenvalue weighted by atomic mass is 19.2. The second-order valence-electron chi connectivity index (χ2n) is 10.1. The minimum atomic E-state index is -1.02. The Hall–Kier alpha value is -5.02. The van der Waals surface area contributed by atoms with Crippen LogP contribution in [0.15, 0.2) is 54.9 Å². The van der Waals surface area contributed by atoms with Crippen LogP contribution in [0, 0.1) is 28.9 Å². The Morgan fingerprint density at radius 2 is 1.95 bits per heavy atom. The first-order chi connectivity index (χ1) is 20.3. The van der Waals surface area contributed by atoms with Gasteiger partial charge in [0.05, 0.1) is 29.8 Å². The SMILES string of the molecule is CC(NC(=O)c1nc(C#N)cnc1NCc1ccc(-c2cnc(N)c(CC3CCNC3)n2)cc1)c1ccc(F)c(F)c1. The van der Waals surface area contributed by atoms with Crippen molar-refractivity contribution in [2.45, 2.75) is 32.4 Å². The van der Waals surface area contributed by atoms with Gasteiger partial charge in [-0.05, 0) is 62.0 Å². The maximum atomic E-state index is 13.7. The predicted octanol–water partition coefficient (Wildman–Crippen LogP) is 3.92. The molecule has 0 saturated carbocycles. The van der Waals surface area contributed by atoms with Crippen molar-refractivity contribution in [1.82, 2.24) is 30.6 Å². The molecule has 0 aliphatic carbocycles.